The lowest BCUT2D eigenvalue weighted by molar-refractivity contribution is 0.629. The van der Waals surface area contributed by atoms with Crippen LogP contribution < -0.4 is 10.9 Å². The molecule has 0 saturated heterocycles. The zero-order valence-corrected chi connectivity index (χ0v) is 10.6. The number of nitrogens with one attached hydrogen (secondary N) is 2. The summed E-state index contributed by atoms with van der Waals surface area (Å²) in [6.07, 6.45) is 3.83. The normalized spacial score (nSPS) is 14.8. The van der Waals surface area contributed by atoms with Crippen LogP contribution in [-0.2, 0) is 0 Å². The minimum absolute atomic E-state index is 0.223. The molecule has 2 heterocycles. The molecule has 1 saturated carbocycles. The van der Waals surface area contributed by atoms with E-state index in [0.29, 0.717) is 28.1 Å². The molecule has 0 aliphatic heterocycles. The van der Waals surface area contributed by atoms with Crippen molar-refractivity contribution in [2.45, 2.75) is 18.9 Å². The molecular weight excluding hydrogens is 257 g/mol. The van der Waals surface area contributed by atoms with Gasteiger partial charge in [0.1, 0.15) is 11.6 Å². The van der Waals surface area contributed by atoms with Crippen molar-refractivity contribution in [2.75, 3.05) is 5.32 Å². The highest BCUT2D eigenvalue weighted by molar-refractivity contribution is 6.09. The molecule has 4 rings (SSSR count). The Bertz CT molecular complexity index is 883. The SMILES string of the molecule is O=c1[nH]ccc2c(NC3CC3)nc3ccc(F)cc3c12. The number of anilines is 1. The maximum atomic E-state index is 13.5. The lowest BCUT2D eigenvalue weighted by Gasteiger charge is -2.10. The van der Waals surface area contributed by atoms with E-state index in [1.807, 2.05) is 0 Å². The van der Waals surface area contributed by atoms with Gasteiger partial charge in [0.05, 0.1) is 10.9 Å². The van der Waals surface area contributed by atoms with Crippen LogP contribution in [0.1, 0.15) is 12.8 Å². The van der Waals surface area contributed by atoms with Crippen LogP contribution in [0, 0.1) is 5.82 Å². The molecule has 0 amide bonds. The van der Waals surface area contributed by atoms with Crippen molar-refractivity contribution in [1.82, 2.24) is 9.97 Å². The fourth-order valence-corrected chi connectivity index (χ4v) is 2.46. The minimum atomic E-state index is -0.369. The lowest BCUT2D eigenvalue weighted by Crippen LogP contribution is -2.10. The summed E-state index contributed by atoms with van der Waals surface area (Å²) in [6, 6.07) is 6.57. The summed E-state index contributed by atoms with van der Waals surface area (Å²) >= 11 is 0. The molecule has 1 aliphatic carbocycles. The Morgan fingerprint density at radius 3 is 2.90 bits per heavy atom. The van der Waals surface area contributed by atoms with E-state index in [4.69, 9.17) is 0 Å². The van der Waals surface area contributed by atoms with E-state index in [-0.39, 0.29) is 11.4 Å². The molecule has 0 atom stereocenters. The zero-order valence-electron chi connectivity index (χ0n) is 10.6. The predicted molar refractivity (Wildman–Crippen MR) is 76.5 cm³/mol. The number of hydrogen-bond acceptors (Lipinski definition) is 3. The molecule has 0 spiro atoms. The summed E-state index contributed by atoms with van der Waals surface area (Å²) in [5, 5.41) is 5.10. The number of halogens is 1. The molecule has 2 N–H and O–H groups in total. The quantitative estimate of drug-likeness (QED) is 0.703. The molecule has 0 radical (unpaired) electrons. The molecule has 0 bridgehead atoms. The van der Waals surface area contributed by atoms with E-state index in [1.54, 1.807) is 18.3 Å². The minimum Gasteiger partial charge on any atom is -0.367 e. The van der Waals surface area contributed by atoms with Gasteiger partial charge in [-0.15, -0.1) is 0 Å². The highest BCUT2D eigenvalue weighted by Gasteiger charge is 2.23. The number of benzene rings is 1. The van der Waals surface area contributed by atoms with E-state index in [0.717, 1.165) is 18.2 Å². The van der Waals surface area contributed by atoms with Crippen LogP contribution in [0.5, 0.6) is 0 Å². The van der Waals surface area contributed by atoms with Crippen molar-refractivity contribution < 1.29 is 4.39 Å². The summed E-state index contributed by atoms with van der Waals surface area (Å²) < 4.78 is 13.5. The summed E-state index contributed by atoms with van der Waals surface area (Å²) in [5.74, 6) is 0.333. The fourth-order valence-electron chi connectivity index (χ4n) is 2.46. The Morgan fingerprint density at radius 1 is 1.25 bits per heavy atom. The standard InChI is InChI=1S/C15H12FN3O/c16-8-1-4-12-11(7-8)13-10(5-6-17-15(13)20)14(19-12)18-9-2-3-9/h1,4-7,9H,2-3H2,(H,17,20)(H,18,19). The molecule has 20 heavy (non-hydrogen) atoms. The summed E-state index contributed by atoms with van der Waals surface area (Å²) in [7, 11) is 0. The maximum Gasteiger partial charge on any atom is 0.256 e. The number of fused-ring (bicyclic) bond motifs is 3. The molecule has 1 aliphatic rings. The van der Waals surface area contributed by atoms with Crippen LogP contribution >= 0.6 is 0 Å². The molecule has 1 fully saturated rings. The van der Waals surface area contributed by atoms with Crippen molar-refractivity contribution in [2.24, 2.45) is 0 Å². The van der Waals surface area contributed by atoms with Crippen molar-refractivity contribution in [3.8, 4) is 0 Å². The number of pyridine rings is 2. The van der Waals surface area contributed by atoms with Crippen molar-refractivity contribution in [3.63, 3.8) is 0 Å². The van der Waals surface area contributed by atoms with Gasteiger partial charge in [-0.05, 0) is 37.1 Å². The molecule has 100 valence electrons. The van der Waals surface area contributed by atoms with E-state index in [1.165, 1.54) is 12.1 Å². The Labute approximate surface area is 113 Å². The molecule has 1 aromatic carbocycles. The van der Waals surface area contributed by atoms with E-state index < -0.39 is 0 Å². The average Bonchev–Trinajstić information content (AvgIpc) is 3.23. The average molecular weight is 269 g/mol. The second-order valence-electron chi connectivity index (χ2n) is 5.14. The Balaban J connectivity index is 2.14. The Hall–Kier alpha value is -2.43. The first-order chi connectivity index (χ1) is 9.72. The lowest BCUT2D eigenvalue weighted by atomic mass is 10.1. The summed E-state index contributed by atoms with van der Waals surface area (Å²) in [6.45, 7) is 0. The molecule has 2 aromatic heterocycles. The highest BCUT2D eigenvalue weighted by Crippen LogP contribution is 2.31. The van der Waals surface area contributed by atoms with Gasteiger partial charge in [-0.2, -0.15) is 0 Å². The summed E-state index contributed by atoms with van der Waals surface area (Å²) in [4.78, 5) is 19.3. The van der Waals surface area contributed by atoms with Gasteiger partial charge in [-0.3, -0.25) is 4.79 Å². The third-order valence-corrected chi connectivity index (χ3v) is 3.59. The van der Waals surface area contributed by atoms with Gasteiger partial charge in [-0.25, -0.2) is 9.37 Å². The van der Waals surface area contributed by atoms with Crippen LogP contribution in [0.4, 0.5) is 10.2 Å². The van der Waals surface area contributed by atoms with Crippen LogP contribution in [0.2, 0.25) is 0 Å². The molecule has 4 nitrogen and oxygen atoms in total. The van der Waals surface area contributed by atoms with Gasteiger partial charge in [-0.1, -0.05) is 0 Å². The molecule has 0 unspecified atom stereocenters. The second kappa shape index (κ2) is 4.03. The van der Waals surface area contributed by atoms with Gasteiger partial charge < -0.3 is 10.3 Å². The van der Waals surface area contributed by atoms with Gasteiger partial charge in [0.2, 0.25) is 0 Å². The third kappa shape index (κ3) is 1.74. The third-order valence-electron chi connectivity index (χ3n) is 3.59. The number of nitrogens with zero attached hydrogens (tertiary/aromatic N) is 1. The van der Waals surface area contributed by atoms with Crippen LogP contribution in [0.15, 0.2) is 35.3 Å². The molecule has 3 aromatic rings. The number of rotatable bonds is 2. The molecule has 5 heteroatoms. The van der Waals surface area contributed by atoms with Crippen LogP contribution in [-0.4, -0.2) is 16.0 Å². The van der Waals surface area contributed by atoms with Gasteiger partial charge in [0, 0.05) is 23.0 Å². The number of H-pyrrole nitrogens is 1. The highest BCUT2D eigenvalue weighted by atomic mass is 19.1. The number of hydrogen-bond donors (Lipinski definition) is 2. The fraction of sp³-hybridized carbons (Fsp3) is 0.200. The van der Waals surface area contributed by atoms with E-state index in [2.05, 4.69) is 15.3 Å². The second-order valence-corrected chi connectivity index (χ2v) is 5.14. The Morgan fingerprint density at radius 2 is 2.10 bits per heavy atom. The zero-order chi connectivity index (χ0) is 13.7. The van der Waals surface area contributed by atoms with E-state index >= 15 is 0 Å². The maximum absolute atomic E-state index is 13.5. The number of aromatic amines is 1. The first-order valence-electron chi connectivity index (χ1n) is 6.59. The van der Waals surface area contributed by atoms with Crippen molar-refractivity contribution in [3.05, 3.63) is 46.6 Å². The van der Waals surface area contributed by atoms with Gasteiger partial charge >= 0.3 is 0 Å². The first kappa shape index (κ1) is 11.4. The topological polar surface area (TPSA) is 57.8 Å². The summed E-state index contributed by atoms with van der Waals surface area (Å²) in [5.41, 5.74) is 0.401. The Kier molecular flexibility index (Phi) is 2.30. The van der Waals surface area contributed by atoms with Crippen molar-refractivity contribution in [1.29, 1.82) is 0 Å². The van der Waals surface area contributed by atoms with Crippen LogP contribution in [0.25, 0.3) is 21.7 Å². The monoisotopic (exact) mass is 269 g/mol. The van der Waals surface area contributed by atoms with E-state index in [9.17, 15) is 9.18 Å². The van der Waals surface area contributed by atoms with Crippen molar-refractivity contribution >= 4 is 27.5 Å². The first-order valence-corrected chi connectivity index (χ1v) is 6.59. The predicted octanol–water partition coefficient (Wildman–Crippen LogP) is 2.79. The van der Waals surface area contributed by atoms with Crippen LogP contribution in [0.3, 0.4) is 0 Å². The number of aromatic nitrogens is 2. The largest absolute Gasteiger partial charge is 0.367 e. The van der Waals surface area contributed by atoms with Gasteiger partial charge in [0.15, 0.2) is 0 Å². The van der Waals surface area contributed by atoms with Gasteiger partial charge in [0.25, 0.3) is 5.56 Å². The molecular formula is C15H12FN3O. The smallest absolute Gasteiger partial charge is 0.256 e.